The second-order valence-corrected chi connectivity index (χ2v) is 7.29. The van der Waals surface area contributed by atoms with Crippen LogP contribution in [0.2, 0.25) is 0 Å². The van der Waals surface area contributed by atoms with E-state index in [0.29, 0.717) is 6.54 Å². The molecule has 0 atom stereocenters. The Balaban J connectivity index is 1.88. The molecule has 3 aromatic carbocycles. The summed E-state index contributed by atoms with van der Waals surface area (Å²) in [6.07, 6.45) is 2.09. The van der Waals surface area contributed by atoms with Gasteiger partial charge < -0.3 is 9.47 Å². The lowest BCUT2D eigenvalue weighted by atomic mass is 10.2. The molecule has 0 aliphatic rings. The molecule has 142 valence electrons. The maximum atomic E-state index is 5.50. The summed E-state index contributed by atoms with van der Waals surface area (Å²) in [4.78, 5) is 0. The summed E-state index contributed by atoms with van der Waals surface area (Å²) in [5.41, 5.74) is 3.30. The summed E-state index contributed by atoms with van der Waals surface area (Å²) < 4.78 is 14.2. The van der Waals surface area contributed by atoms with Crippen LogP contribution < -0.4 is 14.5 Å². The molecule has 0 saturated carbocycles. The van der Waals surface area contributed by atoms with Crippen LogP contribution in [0.1, 0.15) is 5.56 Å². The van der Waals surface area contributed by atoms with Gasteiger partial charge in [-0.15, -0.1) is 0 Å². The minimum Gasteiger partial charge on any atom is -0.497 e. The minimum absolute atomic E-state index is 0.677. The molecule has 0 fully saturated rings. The lowest BCUT2D eigenvalue weighted by molar-refractivity contribution is 0.394. The zero-order valence-electron chi connectivity index (χ0n) is 15.8. The van der Waals surface area contributed by atoms with E-state index in [2.05, 4.69) is 80.3 Å². The standard InChI is InChI=1S/C23H21BrN2O2/c1-27-20-13-19(14-21(15-20)28-2)26(16-18-8-3-5-9-22(18)24)25-12-11-17-7-4-6-10-23(17)25/h3-15H,16H2,1-2H3. The summed E-state index contributed by atoms with van der Waals surface area (Å²) in [6.45, 7) is 0.677. The molecule has 0 saturated heterocycles. The number of rotatable bonds is 6. The summed E-state index contributed by atoms with van der Waals surface area (Å²) in [7, 11) is 3.34. The summed E-state index contributed by atoms with van der Waals surface area (Å²) in [6, 6.07) is 24.7. The van der Waals surface area contributed by atoms with Gasteiger partial charge in [0.1, 0.15) is 11.5 Å². The third-order valence-electron chi connectivity index (χ3n) is 4.75. The predicted octanol–water partition coefficient (Wildman–Crippen LogP) is 5.89. The van der Waals surface area contributed by atoms with Gasteiger partial charge in [0.2, 0.25) is 0 Å². The van der Waals surface area contributed by atoms with Crippen molar-refractivity contribution in [3.8, 4) is 11.5 Å². The van der Waals surface area contributed by atoms with Crippen molar-refractivity contribution in [1.29, 1.82) is 0 Å². The van der Waals surface area contributed by atoms with Gasteiger partial charge in [-0.25, -0.2) is 0 Å². The Morgan fingerprint density at radius 3 is 2.25 bits per heavy atom. The Labute approximate surface area is 173 Å². The first kappa shape index (κ1) is 18.4. The average molecular weight is 437 g/mol. The average Bonchev–Trinajstić information content (AvgIpc) is 3.16. The van der Waals surface area contributed by atoms with Crippen molar-refractivity contribution in [2.24, 2.45) is 0 Å². The number of fused-ring (bicyclic) bond motifs is 1. The highest BCUT2D eigenvalue weighted by Gasteiger charge is 2.16. The van der Waals surface area contributed by atoms with Crippen molar-refractivity contribution in [2.45, 2.75) is 6.54 Å². The van der Waals surface area contributed by atoms with Crippen LogP contribution in [0.5, 0.6) is 11.5 Å². The maximum Gasteiger partial charge on any atom is 0.124 e. The number of hydrogen-bond donors (Lipinski definition) is 0. The topological polar surface area (TPSA) is 26.6 Å². The number of methoxy groups -OCH3 is 2. The van der Waals surface area contributed by atoms with Crippen LogP contribution >= 0.6 is 15.9 Å². The summed E-state index contributed by atoms with van der Waals surface area (Å²) >= 11 is 3.68. The zero-order chi connectivity index (χ0) is 19.5. The van der Waals surface area contributed by atoms with Gasteiger partial charge in [0.05, 0.1) is 32.0 Å². The SMILES string of the molecule is COc1cc(OC)cc(N(Cc2ccccc2Br)n2ccc3ccccc32)c1. The van der Waals surface area contributed by atoms with Crippen LogP contribution in [0.15, 0.2) is 83.5 Å². The maximum absolute atomic E-state index is 5.50. The molecule has 0 spiro atoms. The van der Waals surface area contributed by atoms with Gasteiger partial charge in [-0.05, 0) is 23.8 Å². The van der Waals surface area contributed by atoms with Gasteiger partial charge >= 0.3 is 0 Å². The van der Waals surface area contributed by atoms with Crippen molar-refractivity contribution in [1.82, 2.24) is 4.68 Å². The van der Waals surface area contributed by atoms with Crippen LogP contribution in [-0.2, 0) is 6.54 Å². The van der Waals surface area contributed by atoms with E-state index in [1.807, 2.05) is 24.3 Å². The quantitative estimate of drug-likeness (QED) is 0.376. The highest BCUT2D eigenvalue weighted by atomic mass is 79.9. The molecule has 5 heteroatoms. The van der Waals surface area contributed by atoms with Crippen molar-refractivity contribution >= 4 is 32.5 Å². The minimum atomic E-state index is 0.677. The third-order valence-corrected chi connectivity index (χ3v) is 5.52. The van der Waals surface area contributed by atoms with Crippen LogP contribution in [0.4, 0.5) is 5.69 Å². The number of anilines is 1. The monoisotopic (exact) mass is 436 g/mol. The summed E-state index contributed by atoms with van der Waals surface area (Å²) in [5, 5.41) is 3.41. The first-order valence-corrected chi connectivity index (χ1v) is 9.79. The molecule has 0 radical (unpaired) electrons. The molecule has 0 bridgehead atoms. The normalized spacial score (nSPS) is 10.8. The van der Waals surface area contributed by atoms with Crippen LogP contribution in [-0.4, -0.2) is 18.9 Å². The van der Waals surface area contributed by atoms with E-state index in [9.17, 15) is 0 Å². The molecule has 28 heavy (non-hydrogen) atoms. The molecule has 1 heterocycles. The van der Waals surface area contributed by atoms with E-state index in [4.69, 9.17) is 9.47 Å². The number of nitrogens with zero attached hydrogens (tertiary/aromatic N) is 2. The number of hydrogen-bond acceptors (Lipinski definition) is 3. The van der Waals surface area contributed by atoms with E-state index in [0.717, 1.165) is 27.2 Å². The van der Waals surface area contributed by atoms with Gasteiger partial charge in [0.25, 0.3) is 0 Å². The Hall–Kier alpha value is -2.92. The Bertz CT molecular complexity index is 1080. The van der Waals surface area contributed by atoms with E-state index in [1.54, 1.807) is 14.2 Å². The molecule has 4 aromatic rings. The molecule has 0 unspecified atom stereocenters. The van der Waals surface area contributed by atoms with E-state index in [-0.39, 0.29) is 0 Å². The van der Waals surface area contributed by atoms with Crippen LogP contribution in [0.3, 0.4) is 0 Å². The van der Waals surface area contributed by atoms with Crippen molar-refractivity contribution in [3.63, 3.8) is 0 Å². The number of benzene rings is 3. The number of para-hydroxylation sites is 1. The Morgan fingerprint density at radius 1 is 0.857 bits per heavy atom. The number of ether oxygens (including phenoxy) is 2. The first-order valence-electron chi connectivity index (χ1n) is 9.00. The van der Waals surface area contributed by atoms with E-state index >= 15 is 0 Å². The first-order chi connectivity index (χ1) is 13.7. The fourth-order valence-corrected chi connectivity index (χ4v) is 3.71. The van der Waals surface area contributed by atoms with Crippen molar-refractivity contribution in [2.75, 3.05) is 19.2 Å². The second-order valence-electron chi connectivity index (χ2n) is 6.44. The molecule has 4 nitrogen and oxygen atoms in total. The largest absolute Gasteiger partial charge is 0.497 e. The molecule has 0 N–H and O–H groups in total. The number of aromatic nitrogens is 1. The van der Waals surface area contributed by atoms with Crippen molar-refractivity contribution < 1.29 is 9.47 Å². The zero-order valence-corrected chi connectivity index (χ0v) is 17.4. The van der Waals surface area contributed by atoms with Gasteiger partial charge in [-0.1, -0.05) is 52.3 Å². The molecule has 0 aliphatic heterocycles. The Morgan fingerprint density at radius 2 is 1.54 bits per heavy atom. The molecule has 1 aromatic heterocycles. The van der Waals surface area contributed by atoms with Gasteiger partial charge in [0.15, 0.2) is 0 Å². The van der Waals surface area contributed by atoms with Gasteiger partial charge in [-0.2, -0.15) is 0 Å². The van der Waals surface area contributed by atoms with Crippen molar-refractivity contribution in [3.05, 3.63) is 89.0 Å². The molecular weight excluding hydrogens is 416 g/mol. The third kappa shape index (κ3) is 3.58. The van der Waals surface area contributed by atoms with Gasteiger partial charge in [0, 0.05) is 34.3 Å². The van der Waals surface area contributed by atoms with Crippen LogP contribution in [0, 0.1) is 0 Å². The summed E-state index contributed by atoms with van der Waals surface area (Å²) in [5.74, 6) is 1.51. The van der Waals surface area contributed by atoms with Crippen LogP contribution in [0.25, 0.3) is 10.9 Å². The molecule has 4 rings (SSSR count). The molecule has 0 aliphatic carbocycles. The fourth-order valence-electron chi connectivity index (χ4n) is 3.30. The van der Waals surface area contributed by atoms with E-state index in [1.165, 1.54) is 10.9 Å². The number of halogens is 1. The molecule has 0 amide bonds. The highest BCUT2D eigenvalue weighted by Crippen LogP contribution is 2.32. The smallest absolute Gasteiger partial charge is 0.124 e. The lowest BCUT2D eigenvalue weighted by Crippen LogP contribution is -2.28. The van der Waals surface area contributed by atoms with E-state index < -0.39 is 0 Å². The highest BCUT2D eigenvalue weighted by molar-refractivity contribution is 9.10. The van der Waals surface area contributed by atoms with Gasteiger partial charge in [-0.3, -0.25) is 9.69 Å². The predicted molar refractivity (Wildman–Crippen MR) is 117 cm³/mol. The lowest BCUT2D eigenvalue weighted by Gasteiger charge is -2.28. The second kappa shape index (κ2) is 7.98. The fraction of sp³-hybridized carbons (Fsp3) is 0.130. The molecular formula is C23H21BrN2O2. The Kier molecular flexibility index (Phi) is 5.26.